The normalized spacial score (nSPS) is 10.4. The zero-order valence-corrected chi connectivity index (χ0v) is 15.2. The first-order chi connectivity index (χ1) is 13.2. The smallest absolute Gasteiger partial charge is 0.238 e. The van der Waals surface area contributed by atoms with E-state index < -0.39 is 0 Å². The number of amides is 2. The quantitative estimate of drug-likeness (QED) is 0.620. The Labute approximate surface area is 160 Å². The predicted octanol–water partition coefficient (Wildman–Crippen LogP) is 4.61. The number of imide groups is 1. The summed E-state index contributed by atoms with van der Waals surface area (Å²) in [6.07, 6.45) is 2.05. The molecule has 0 heterocycles. The number of rotatable bonds is 7. The molecule has 0 unspecified atom stereocenters. The number of hydrogen-bond acceptors (Lipinski definition) is 2. The number of carbonyl (C=O) groups is 2. The average molecular weight is 356 g/mol. The molecule has 0 fully saturated rings. The van der Waals surface area contributed by atoms with Crippen molar-refractivity contribution in [2.45, 2.75) is 25.7 Å². The van der Waals surface area contributed by atoms with E-state index in [9.17, 15) is 9.59 Å². The summed E-state index contributed by atoms with van der Waals surface area (Å²) in [5.41, 5.74) is 2.69. The van der Waals surface area contributed by atoms with Crippen LogP contribution in [0.25, 0.3) is 0 Å². The zero-order chi connectivity index (χ0) is 18.9. The monoisotopic (exact) mass is 356 g/mol. The molecule has 0 aliphatic rings. The molecule has 0 aromatic heterocycles. The van der Waals surface area contributed by atoms with Gasteiger partial charge in [0.1, 0.15) is 0 Å². The molecule has 135 valence electrons. The lowest BCUT2D eigenvalue weighted by atomic mass is 10.1. The van der Waals surface area contributed by atoms with Gasteiger partial charge in [-0.2, -0.15) is 0 Å². The SMILES string of the molecule is O=C(CCCc1ccccc1)N(C(=O)Cc1ccccc1)c1cc[c]cc1. The van der Waals surface area contributed by atoms with Crippen LogP contribution in [0.2, 0.25) is 0 Å². The standard InChI is InChI=1S/C24H22NO2/c26-23(18-10-15-20-11-4-1-5-12-20)25(22-16-8-3-9-17-22)24(27)19-21-13-6-2-7-14-21/h1-2,4-9,11-14,16-17H,10,15,18-19H2. The molecule has 0 aliphatic heterocycles. The molecule has 0 atom stereocenters. The fourth-order valence-corrected chi connectivity index (χ4v) is 3.00. The van der Waals surface area contributed by atoms with Gasteiger partial charge in [0.25, 0.3) is 0 Å². The van der Waals surface area contributed by atoms with Gasteiger partial charge in [0.05, 0.1) is 12.1 Å². The number of benzene rings is 3. The van der Waals surface area contributed by atoms with E-state index in [1.807, 2.05) is 48.5 Å². The lowest BCUT2D eigenvalue weighted by Crippen LogP contribution is -2.38. The van der Waals surface area contributed by atoms with Gasteiger partial charge < -0.3 is 0 Å². The highest BCUT2D eigenvalue weighted by atomic mass is 16.2. The van der Waals surface area contributed by atoms with Crippen LogP contribution in [0.1, 0.15) is 24.0 Å². The van der Waals surface area contributed by atoms with Crippen molar-refractivity contribution in [3.05, 3.63) is 102 Å². The molecule has 0 aliphatic carbocycles. The van der Waals surface area contributed by atoms with E-state index >= 15 is 0 Å². The van der Waals surface area contributed by atoms with Gasteiger partial charge in [0.2, 0.25) is 11.8 Å². The zero-order valence-electron chi connectivity index (χ0n) is 15.2. The largest absolute Gasteiger partial charge is 0.274 e. The fourth-order valence-electron chi connectivity index (χ4n) is 3.00. The summed E-state index contributed by atoms with van der Waals surface area (Å²) in [5.74, 6) is -0.379. The second-order valence-corrected chi connectivity index (χ2v) is 6.38. The number of nitrogens with zero attached hydrogens (tertiary/aromatic N) is 1. The van der Waals surface area contributed by atoms with Crippen LogP contribution in [-0.2, 0) is 22.4 Å². The van der Waals surface area contributed by atoms with E-state index in [0.717, 1.165) is 12.0 Å². The molecule has 3 aromatic rings. The van der Waals surface area contributed by atoms with Gasteiger partial charge in [0, 0.05) is 6.42 Å². The molecule has 0 saturated heterocycles. The summed E-state index contributed by atoms with van der Waals surface area (Å²) in [6, 6.07) is 29.4. The lowest BCUT2D eigenvalue weighted by Gasteiger charge is -2.21. The molecule has 1 radical (unpaired) electrons. The Hall–Kier alpha value is -3.20. The third kappa shape index (κ3) is 5.38. The molecule has 3 nitrogen and oxygen atoms in total. The maximum Gasteiger partial charge on any atom is 0.238 e. The van der Waals surface area contributed by atoms with Gasteiger partial charge in [-0.25, -0.2) is 0 Å². The van der Waals surface area contributed by atoms with Crippen molar-refractivity contribution in [1.29, 1.82) is 0 Å². The van der Waals surface area contributed by atoms with E-state index in [1.54, 1.807) is 24.3 Å². The third-order valence-electron chi connectivity index (χ3n) is 4.35. The minimum atomic E-state index is -0.211. The molecular formula is C24H22NO2. The van der Waals surface area contributed by atoms with Crippen LogP contribution >= 0.6 is 0 Å². The van der Waals surface area contributed by atoms with E-state index in [4.69, 9.17) is 0 Å². The van der Waals surface area contributed by atoms with Crippen LogP contribution in [0.3, 0.4) is 0 Å². The van der Waals surface area contributed by atoms with Gasteiger partial charge in [0.15, 0.2) is 0 Å². The van der Waals surface area contributed by atoms with Gasteiger partial charge in [-0.3, -0.25) is 14.5 Å². The van der Waals surface area contributed by atoms with Crippen LogP contribution in [-0.4, -0.2) is 11.8 Å². The van der Waals surface area contributed by atoms with Gasteiger partial charge >= 0.3 is 0 Å². The Kier molecular flexibility index (Phi) is 6.53. The highest BCUT2D eigenvalue weighted by Gasteiger charge is 2.23. The number of anilines is 1. The van der Waals surface area contributed by atoms with Crippen molar-refractivity contribution in [2.24, 2.45) is 0 Å². The number of hydrogen-bond donors (Lipinski definition) is 0. The summed E-state index contributed by atoms with van der Waals surface area (Å²) in [6.45, 7) is 0. The first kappa shape index (κ1) is 18.6. The maximum atomic E-state index is 12.9. The second-order valence-electron chi connectivity index (χ2n) is 6.38. The Balaban J connectivity index is 1.69. The van der Waals surface area contributed by atoms with E-state index in [2.05, 4.69) is 18.2 Å². The minimum Gasteiger partial charge on any atom is -0.274 e. The topological polar surface area (TPSA) is 37.4 Å². The molecule has 0 spiro atoms. The molecular weight excluding hydrogens is 334 g/mol. The summed E-state index contributed by atoms with van der Waals surface area (Å²) in [5, 5.41) is 0. The third-order valence-corrected chi connectivity index (χ3v) is 4.35. The highest BCUT2D eigenvalue weighted by Crippen LogP contribution is 2.18. The van der Waals surface area contributed by atoms with Crippen molar-refractivity contribution < 1.29 is 9.59 Å². The summed E-state index contributed by atoms with van der Waals surface area (Å²) in [4.78, 5) is 27.1. The average Bonchev–Trinajstić information content (AvgIpc) is 2.70. The van der Waals surface area contributed by atoms with Gasteiger partial charge in [-0.1, -0.05) is 72.8 Å². The van der Waals surface area contributed by atoms with E-state index in [0.29, 0.717) is 18.5 Å². The van der Waals surface area contributed by atoms with Gasteiger partial charge in [-0.15, -0.1) is 0 Å². The van der Waals surface area contributed by atoms with Crippen molar-refractivity contribution in [1.82, 2.24) is 0 Å². The molecule has 0 saturated carbocycles. The van der Waals surface area contributed by atoms with Crippen molar-refractivity contribution in [3.8, 4) is 0 Å². The number of carbonyl (C=O) groups excluding carboxylic acids is 2. The molecule has 3 rings (SSSR count). The fraction of sp³-hybridized carbons (Fsp3) is 0.167. The van der Waals surface area contributed by atoms with E-state index in [-0.39, 0.29) is 18.2 Å². The highest BCUT2D eigenvalue weighted by molar-refractivity contribution is 6.15. The molecule has 0 N–H and O–H groups in total. The maximum absolute atomic E-state index is 12.9. The van der Waals surface area contributed by atoms with Crippen LogP contribution in [0.4, 0.5) is 5.69 Å². The van der Waals surface area contributed by atoms with Crippen LogP contribution in [0.5, 0.6) is 0 Å². The van der Waals surface area contributed by atoms with Crippen LogP contribution in [0.15, 0.2) is 84.9 Å². The summed E-state index contributed by atoms with van der Waals surface area (Å²) >= 11 is 0. The molecule has 2 amide bonds. The Morgan fingerprint density at radius 2 is 1.33 bits per heavy atom. The van der Waals surface area contributed by atoms with Crippen molar-refractivity contribution >= 4 is 17.5 Å². The number of aryl methyl sites for hydroxylation is 1. The Bertz CT molecular complexity index is 861. The Morgan fingerprint density at radius 1 is 0.741 bits per heavy atom. The molecule has 27 heavy (non-hydrogen) atoms. The van der Waals surface area contributed by atoms with Crippen LogP contribution in [0, 0.1) is 6.07 Å². The predicted molar refractivity (Wildman–Crippen MR) is 107 cm³/mol. The van der Waals surface area contributed by atoms with Crippen molar-refractivity contribution in [2.75, 3.05) is 4.90 Å². The lowest BCUT2D eigenvalue weighted by molar-refractivity contribution is -0.126. The van der Waals surface area contributed by atoms with Gasteiger partial charge in [-0.05, 0) is 42.2 Å². The van der Waals surface area contributed by atoms with Crippen LogP contribution < -0.4 is 4.90 Å². The molecule has 3 heteroatoms. The first-order valence-electron chi connectivity index (χ1n) is 9.14. The molecule has 0 bridgehead atoms. The van der Waals surface area contributed by atoms with E-state index in [1.165, 1.54) is 10.5 Å². The van der Waals surface area contributed by atoms with Crippen molar-refractivity contribution in [3.63, 3.8) is 0 Å². The first-order valence-corrected chi connectivity index (χ1v) is 9.14. The Morgan fingerprint density at radius 3 is 1.96 bits per heavy atom. The molecule has 3 aromatic carbocycles. The summed E-state index contributed by atoms with van der Waals surface area (Å²) < 4.78 is 0. The second kappa shape index (κ2) is 9.48. The minimum absolute atomic E-state index is 0.168. The summed E-state index contributed by atoms with van der Waals surface area (Å²) in [7, 11) is 0.